The minimum Gasteiger partial charge on any atom is -0.454 e. The van der Waals surface area contributed by atoms with Gasteiger partial charge in [0.2, 0.25) is 0 Å². The van der Waals surface area contributed by atoms with E-state index in [4.69, 9.17) is 14.2 Å². The normalized spacial score (nSPS) is 49.8. The Balaban J connectivity index is 1.69. The molecule has 10 unspecified atom stereocenters. The van der Waals surface area contributed by atoms with Gasteiger partial charge >= 0.3 is 5.97 Å². The summed E-state index contributed by atoms with van der Waals surface area (Å²) in [6, 6.07) is 0. The van der Waals surface area contributed by atoms with E-state index in [1.165, 1.54) is 6.92 Å². The summed E-state index contributed by atoms with van der Waals surface area (Å²) in [5, 5.41) is 47.9. The monoisotopic (exact) mass is 538 g/mol. The lowest BCUT2D eigenvalue weighted by atomic mass is 9.46. The van der Waals surface area contributed by atoms with Gasteiger partial charge in [-0.15, -0.1) is 0 Å². The standard InChI is InChI=1S/C30H50O8/c1-17-11-12-30(35)25(37-26(34)19-9-7-6-8-10-19)24-28(5,15-21(32)20(13-17)27(30,3)4)22(33)14-23-29(24,16-36-23)38-18(2)31/h17,19-26,32-35H,6-16H2,1-5H3/t17?,20?,21?,22?,23?,24?,25-,26?,28?,29?,30?/m0/s1. The SMILES string of the molecule is CC(=O)OC12COC1CC(O)C1(C)CC(O)C3CC(C)CCC(O)([C@@H](OC(O)C4CCCCC4)C12)C3(C)C. The summed E-state index contributed by atoms with van der Waals surface area (Å²) < 4.78 is 18.8. The van der Waals surface area contributed by atoms with Gasteiger partial charge in [-0.05, 0) is 50.4 Å². The Morgan fingerprint density at radius 3 is 2.34 bits per heavy atom. The predicted octanol–water partition coefficient (Wildman–Crippen LogP) is 3.32. The fourth-order valence-corrected chi connectivity index (χ4v) is 9.29. The molecule has 0 amide bonds. The van der Waals surface area contributed by atoms with E-state index in [1.807, 2.05) is 20.8 Å². The highest BCUT2D eigenvalue weighted by Crippen LogP contribution is 2.64. The summed E-state index contributed by atoms with van der Waals surface area (Å²) in [5.74, 6) is -1.12. The molecule has 218 valence electrons. The molecule has 0 aromatic rings. The smallest absolute Gasteiger partial charge is 0.303 e. The van der Waals surface area contributed by atoms with Crippen molar-refractivity contribution < 1.29 is 39.4 Å². The van der Waals surface area contributed by atoms with Crippen LogP contribution >= 0.6 is 0 Å². The van der Waals surface area contributed by atoms with E-state index >= 15 is 0 Å². The van der Waals surface area contributed by atoms with Crippen molar-refractivity contribution in [1.29, 1.82) is 0 Å². The van der Waals surface area contributed by atoms with E-state index < -0.39 is 64.6 Å². The number of fused-ring (bicyclic) bond motifs is 5. The average molecular weight is 539 g/mol. The first-order valence-electron chi connectivity index (χ1n) is 15.0. The number of hydrogen-bond donors (Lipinski definition) is 4. The number of carbonyl (C=O) groups is 1. The quantitative estimate of drug-likeness (QED) is 0.317. The van der Waals surface area contributed by atoms with Crippen LogP contribution in [0.15, 0.2) is 0 Å². The van der Waals surface area contributed by atoms with Gasteiger partial charge in [0.15, 0.2) is 11.9 Å². The van der Waals surface area contributed by atoms with Crippen LogP contribution in [0.5, 0.6) is 0 Å². The van der Waals surface area contributed by atoms with Crippen LogP contribution in [0.4, 0.5) is 0 Å². The predicted molar refractivity (Wildman–Crippen MR) is 140 cm³/mol. The summed E-state index contributed by atoms with van der Waals surface area (Å²) in [6.45, 7) is 9.63. The second-order valence-electron chi connectivity index (χ2n) is 14.3. The molecule has 5 rings (SSSR count). The first kappa shape index (κ1) is 28.7. The minimum atomic E-state index is -1.45. The second-order valence-corrected chi connectivity index (χ2v) is 14.3. The molecule has 11 atom stereocenters. The van der Waals surface area contributed by atoms with Crippen molar-refractivity contribution in [1.82, 2.24) is 0 Å². The largest absolute Gasteiger partial charge is 0.454 e. The van der Waals surface area contributed by atoms with Crippen LogP contribution in [0.25, 0.3) is 0 Å². The molecule has 0 aromatic carbocycles. The van der Waals surface area contributed by atoms with Crippen LogP contribution in [0.2, 0.25) is 0 Å². The molecule has 38 heavy (non-hydrogen) atoms. The van der Waals surface area contributed by atoms with Crippen molar-refractivity contribution in [2.24, 2.45) is 34.5 Å². The maximum atomic E-state index is 13.0. The van der Waals surface area contributed by atoms with Crippen molar-refractivity contribution in [3.63, 3.8) is 0 Å². The van der Waals surface area contributed by atoms with Crippen LogP contribution < -0.4 is 0 Å². The van der Waals surface area contributed by atoms with Gasteiger partial charge in [-0.25, -0.2) is 0 Å². The Labute approximate surface area is 227 Å². The van der Waals surface area contributed by atoms with E-state index in [2.05, 4.69) is 6.92 Å². The lowest BCUT2D eigenvalue weighted by Crippen LogP contribution is -2.80. The first-order chi connectivity index (χ1) is 17.8. The highest BCUT2D eigenvalue weighted by molar-refractivity contribution is 5.67. The average Bonchev–Trinajstić information content (AvgIpc) is 2.94. The van der Waals surface area contributed by atoms with Crippen molar-refractivity contribution in [2.45, 2.75) is 141 Å². The Morgan fingerprint density at radius 2 is 1.74 bits per heavy atom. The first-order valence-corrected chi connectivity index (χ1v) is 15.0. The van der Waals surface area contributed by atoms with Crippen molar-refractivity contribution >= 4 is 5.97 Å². The number of hydrogen-bond acceptors (Lipinski definition) is 8. The number of carbonyl (C=O) groups excluding carboxylic acids is 1. The molecule has 8 heteroatoms. The van der Waals surface area contributed by atoms with Gasteiger partial charge in [0.25, 0.3) is 0 Å². The van der Waals surface area contributed by atoms with Crippen LogP contribution in [-0.4, -0.2) is 74.9 Å². The lowest BCUT2D eigenvalue weighted by Gasteiger charge is -2.68. The molecule has 8 nitrogen and oxygen atoms in total. The van der Waals surface area contributed by atoms with Crippen molar-refractivity contribution in [3.05, 3.63) is 0 Å². The van der Waals surface area contributed by atoms with E-state index in [0.29, 0.717) is 6.42 Å². The number of aliphatic hydroxyl groups excluding tert-OH is 3. The fraction of sp³-hybridized carbons (Fsp3) is 0.967. The van der Waals surface area contributed by atoms with Gasteiger partial charge in [0, 0.05) is 36.0 Å². The zero-order chi connectivity index (χ0) is 27.7. The van der Waals surface area contributed by atoms with E-state index in [9.17, 15) is 25.2 Å². The number of esters is 1. The van der Waals surface area contributed by atoms with E-state index in [-0.39, 0.29) is 37.2 Å². The molecule has 5 fully saturated rings. The summed E-state index contributed by atoms with van der Waals surface area (Å²) in [7, 11) is 0. The molecule has 1 aliphatic heterocycles. The molecule has 2 bridgehead atoms. The molecular formula is C30H50O8. The van der Waals surface area contributed by atoms with E-state index in [1.54, 1.807) is 0 Å². The molecule has 0 aromatic heterocycles. The molecular weight excluding hydrogens is 488 g/mol. The molecule has 4 saturated carbocycles. The highest BCUT2D eigenvalue weighted by Gasteiger charge is 2.75. The van der Waals surface area contributed by atoms with Gasteiger partial charge < -0.3 is 34.6 Å². The van der Waals surface area contributed by atoms with Gasteiger partial charge in [-0.2, -0.15) is 0 Å². The van der Waals surface area contributed by atoms with Crippen molar-refractivity contribution in [2.75, 3.05) is 6.61 Å². The number of rotatable bonds is 4. The maximum absolute atomic E-state index is 13.0. The van der Waals surface area contributed by atoms with Gasteiger partial charge in [-0.1, -0.05) is 47.0 Å². The van der Waals surface area contributed by atoms with Gasteiger partial charge in [0.05, 0.1) is 30.5 Å². The van der Waals surface area contributed by atoms with Crippen LogP contribution in [-0.2, 0) is 19.0 Å². The number of ether oxygens (including phenoxy) is 3. The lowest BCUT2D eigenvalue weighted by molar-refractivity contribution is -0.375. The molecule has 1 saturated heterocycles. The Kier molecular flexibility index (Phi) is 7.53. The summed E-state index contributed by atoms with van der Waals surface area (Å²) in [6.07, 6.45) is 3.23. The molecule has 4 N–H and O–H groups in total. The molecule has 0 spiro atoms. The third-order valence-corrected chi connectivity index (χ3v) is 11.8. The topological polar surface area (TPSA) is 126 Å². The van der Waals surface area contributed by atoms with Gasteiger partial charge in [-0.3, -0.25) is 4.79 Å². The Bertz CT molecular complexity index is 887. The molecule has 0 radical (unpaired) electrons. The summed E-state index contributed by atoms with van der Waals surface area (Å²) in [5.41, 5.74) is -4.28. The molecule has 5 aliphatic rings. The summed E-state index contributed by atoms with van der Waals surface area (Å²) in [4.78, 5) is 12.5. The van der Waals surface area contributed by atoms with Crippen LogP contribution in [0, 0.1) is 34.5 Å². The van der Waals surface area contributed by atoms with Crippen LogP contribution in [0.1, 0.15) is 98.8 Å². The third kappa shape index (κ3) is 4.28. The Morgan fingerprint density at radius 1 is 1.05 bits per heavy atom. The fourth-order valence-electron chi connectivity index (χ4n) is 9.29. The zero-order valence-corrected chi connectivity index (χ0v) is 23.9. The summed E-state index contributed by atoms with van der Waals surface area (Å²) >= 11 is 0. The number of aliphatic hydroxyl groups is 4. The highest BCUT2D eigenvalue weighted by atomic mass is 16.6. The van der Waals surface area contributed by atoms with E-state index in [0.717, 1.165) is 44.9 Å². The zero-order valence-electron chi connectivity index (χ0n) is 23.9. The molecule has 4 aliphatic carbocycles. The Hall–Kier alpha value is -0.770. The van der Waals surface area contributed by atoms with Crippen LogP contribution in [0.3, 0.4) is 0 Å². The van der Waals surface area contributed by atoms with Crippen molar-refractivity contribution in [3.8, 4) is 0 Å². The molecule has 1 heterocycles. The second kappa shape index (κ2) is 9.95. The minimum absolute atomic E-state index is 0.0372. The maximum Gasteiger partial charge on any atom is 0.303 e. The third-order valence-electron chi connectivity index (χ3n) is 11.8. The van der Waals surface area contributed by atoms with Gasteiger partial charge in [0.1, 0.15) is 6.10 Å².